The molecule has 2 aromatic heterocycles. The van der Waals surface area contributed by atoms with Gasteiger partial charge in [0.05, 0.1) is 0 Å². The number of nitrogens with one attached hydrogen (secondary N) is 2. The van der Waals surface area contributed by atoms with Gasteiger partial charge in [0.15, 0.2) is 10.8 Å². The first-order valence-corrected chi connectivity index (χ1v) is 5.74. The number of hydrogen-bond acceptors (Lipinski definition) is 6. The highest BCUT2D eigenvalue weighted by Gasteiger charge is 2.06. The van der Waals surface area contributed by atoms with Gasteiger partial charge in [-0.1, -0.05) is 11.6 Å². The van der Waals surface area contributed by atoms with E-state index in [2.05, 4.69) is 30.6 Å². The minimum Gasteiger partial charge on any atom is -0.359 e. The Morgan fingerprint density at radius 1 is 1.22 bits per heavy atom. The summed E-state index contributed by atoms with van der Waals surface area (Å²) in [4.78, 5) is 26.4. The van der Waals surface area contributed by atoms with Crippen molar-refractivity contribution in [3.8, 4) is 0 Å². The number of amides is 1. The van der Waals surface area contributed by atoms with Crippen molar-refractivity contribution in [3.63, 3.8) is 0 Å². The van der Waals surface area contributed by atoms with Gasteiger partial charge in [-0.15, -0.1) is 0 Å². The summed E-state index contributed by atoms with van der Waals surface area (Å²) in [5, 5.41) is 5.84. The lowest BCUT2D eigenvalue weighted by molar-refractivity contribution is -0.109. The third kappa shape index (κ3) is 3.01. The van der Waals surface area contributed by atoms with Crippen LogP contribution in [0.1, 0.15) is 6.42 Å². The molecule has 0 atom stereocenters. The first kappa shape index (κ1) is 12.4. The van der Waals surface area contributed by atoms with Crippen molar-refractivity contribution in [2.24, 2.45) is 0 Å². The van der Waals surface area contributed by atoms with Crippen molar-refractivity contribution in [1.82, 2.24) is 25.3 Å². The van der Waals surface area contributed by atoms with Crippen molar-refractivity contribution in [3.05, 3.63) is 17.5 Å². The molecule has 0 unspecified atom stereocenters. The highest BCUT2D eigenvalue weighted by atomic mass is 35.5. The van der Waals surface area contributed by atoms with Gasteiger partial charge in [-0.2, -0.15) is 9.97 Å². The molecule has 1 amide bonds. The van der Waals surface area contributed by atoms with E-state index in [4.69, 9.17) is 11.6 Å². The summed E-state index contributed by atoms with van der Waals surface area (Å²) < 4.78 is 0. The van der Waals surface area contributed by atoms with Crippen LogP contribution in [-0.4, -0.2) is 39.4 Å². The second kappa shape index (κ2) is 6.06. The molecular weight excluding hydrogens is 256 g/mol. The Morgan fingerprint density at radius 3 is 2.89 bits per heavy atom. The number of hydrogen-bond donors (Lipinski definition) is 2. The lowest BCUT2D eigenvalue weighted by Crippen LogP contribution is -2.16. The summed E-state index contributed by atoms with van der Waals surface area (Å²) in [5.74, 6) is 0.402. The molecule has 0 aliphatic carbocycles. The quantitative estimate of drug-likeness (QED) is 0.452. The number of aromatic nitrogens is 4. The van der Waals surface area contributed by atoms with Gasteiger partial charge in [0.1, 0.15) is 5.52 Å². The van der Waals surface area contributed by atoms with E-state index in [9.17, 15) is 4.79 Å². The van der Waals surface area contributed by atoms with Gasteiger partial charge in [0.2, 0.25) is 12.4 Å². The van der Waals surface area contributed by atoms with Crippen LogP contribution in [0.15, 0.2) is 12.4 Å². The molecule has 2 N–H and O–H groups in total. The van der Waals surface area contributed by atoms with E-state index in [1.807, 2.05) is 0 Å². The standard InChI is InChI=1S/C10H11ClN6O/c11-8-7-9(14-5-4-13-7)17-10(16-8)15-3-1-2-12-6-18/h4-6H,1-3H2,(H,12,18)(H,14,15,16,17). The highest BCUT2D eigenvalue weighted by molar-refractivity contribution is 6.33. The molecule has 0 radical (unpaired) electrons. The molecule has 94 valence electrons. The van der Waals surface area contributed by atoms with Crippen LogP contribution < -0.4 is 10.6 Å². The monoisotopic (exact) mass is 266 g/mol. The maximum absolute atomic E-state index is 10.0. The summed E-state index contributed by atoms with van der Waals surface area (Å²) in [5.41, 5.74) is 0.929. The predicted molar refractivity (Wildman–Crippen MR) is 67.3 cm³/mol. The van der Waals surface area contributed by atoms with Gasteiger partial charge in [-0.3, -0.25) is 4.79 Å². The first-order chi connectivity index (χ1) is 8.81. The zero-order valence-electron chi connectivity index (χ0n) is 9.43. The third-order valence-corrected chi connectivity index (χ3v) is 2.42. The number of carbonyl (C=O) groups is 1. The number of rotatable bonds is 6. The average Bonchev–Trinajstić information content (AvgIpc) is 2.39. The van der Waals surface area contributed by atoms with E-state index < -0.39 is 0 Å². The maximum atomic E-state index is 10.0. The SMILES string of the molecule is O=CNCCCNc1nc(Cl)c2nccnc2n1. The molecule has 0 bridgehead atoms. The van der Waals surface area contributed by atoms with Crippen LogP contribution in [0.4, 0.5) is 5.95 Å². The molecule has 0 aliphatic heterocycles. The van der Waals surface area contributed by atoms with Crippen LogP contribution in [0.25, 0.3) is 11.2 Å². The highest BCUT2D eigenvalue weighted by Crippen LogP contribution is 2.17. The summed E-state index contributed by atoms with van der Waals surface area (Å²) in [6, 6.07) is 0. The summed E-state index contributed by atoms with van der Waals surface area (Å²) >= 11 is 5.97. The van der Waals surface area contributed by atoms with Gasteiger partial charge >= 0.3 is 0 Å². The maximum Gasteiger partial charge on any atom is 0.226 e. The number of halogens is 1. The van der Waals surface area contributed by atoms with Gasteiger partial charge in [0.25, 0.3) is 0 Å². The Hall–Kier alpha value is -2.02. The normalized spacial score (nSPS) is 10.3. The number of carbonyl (C=O) groups excluding carboxylic acids is 1. The Kier molecular flexibility index (Phi) is 4.19. The summed E-state index contributed by atoms with van der Waals surface area (Å²) in [7, 11) is 0. The molecule has 2 heterocycles. The Morgan fingerprint density at radius 2 is 2.06 bits per heavy atom. The van der Waals surface area contributed by atoms with Crippen molar-refractivity contribution in [2.45, 2.75) is 6.42 Å². The third-order valence-electron chi connectivity index (χ3n) is 2.15. The molecular formula is C10H11ClN6O. The van der Waals surface area contributed by atoms with Crippen molar-refractivity contribution < 1.29 is 4.79 Å². The Balaban J connectivity index is 2.03. The van der Waals surface area contributed by atoms with Gasteiger partial charge in [0, 0.05) is 25.5 Å². The first-order valence-electron chi connectivity index (χ1n) is 5.36. The smallest absolute Gasteiger partial charge is 0.226 e. The van der Waals surface area contributed by atoms with E-state index in [0.29, 0.717) is 36.6 Å². The zero-order chi connectivity index (χ0) is 12.8. The molecule has 0 saturated carbocycles. The van der Waals surface area contributed by atoms with Crippen molar-refractivity contribution >= 4 is 35.1 Å². The summed E-state index contributed by atoms with van der Waals surface area (Å²) in [6.45, 7) is 1.22. The van der Waals surface area contributed by atoms with Crippen LogP contribution in [0.5, 0.6) is 0 Å². The van der Waals surface area contributed by atoms with E-state index in [0.717, 1.165) is 6.42 Å². The molecule has 2 aromatic rings. The lowest BCUT2D eigenvalue weighted by atomic mass is 10.4. The van der Waals surface area contributed by atoms with Gasteiger partial charge < -0.3 is 10.6 Å². The molecule has 8 heteroatoms. The molecule has 2 rings (SSSR count). The van der Waals surface area contributed by atoms with Gasteiger partial charge in [-0.05, 0) is 6.42 Å². The topological polar surface area (TPSA) is 92.7 Å². The minimum absolute atomic E-state index is 0.265. The Bertz CT molecular complexity index is 549. The number of anilines is 1. The van der Waals surface area contributed by atoms with E-state index in [1.54, 1.807) is 6.20 Å². The molecule has 0 fully saturated rings. The molecule has 0 spiro atoms. The fourth-order valence-corrected chi connectivity index (χ4v) is 1.57. The molecule has 18 heavy (non-hydrogen) atoms. The molecule has 0 aliphatic rings. The van der Waals surface area contributed by atoms with E-state index in [1.165, 1.54) is 6.20 Å². The molecule has 7 nitrogen and oxygen atoms in total. The van der Waals surface area contributed by atoms with Crippen molar-refractivity contribution in [2.75, 3.05) is 18.4 Å². The molecule has 0 saturated heterocycles. The molecule has 0 aromatic carbocycles. The second-order valence-corrected chi connectivity index (χ2v) is 3.78. The van der Waals surface area contributed by atoms with E-state index >= 15 is 0 Å². The predicted octanol–water partition coefficient (Wildman–Crippen LogP) is 0.621. The second-order valence-electron chi connectivity index (χ2n) is 3.42. The lowest BCUT2D eigenvalue weighted by Gasteiger charge is -2.05. The Labute approximate surface area is 108 Å². The number of fused-ring (bicyclic) bond motifs is 1. The van der Waals surface area contributed by atoms with E-state index in [-0.39, 0.29) is 5.15 Å². The van der Waals surface area contributed by atoms with Crippen LogP contribution >= 0.6 is 11.6 Å². The minimum atomic E-state index is 0.265. The van der Waals surface area contributed by atoms with Crippen LogP contribution in [0.3, 0.4) is 0 Å². The number of nitrogens with zero attached hydrogens (tertiary/aromatic N) is 4. The largest absolute Gasteiger partial charge is 0.359 e. The van der Waals surface area contributed by atoms with Crippen LogP contribution in [0, 0.1) is 0 Å². The fraction of sp³-hybridized carbons (Fsp3) is 0.300. The van der Waals surface area contributed by atoms with Crippen molar-refractivity contribution in [1.29, 1.82) is 0 Å². The van der Waals surface area contributed by atoms with Crippen LogP contribution in [-0.2, 0) is 4.79 Å². The summed E-state index contributed by atoms with van der Waals surface area (Å²) in [6.07, 6.45) is 4.51. The van der Waals surface area contributed by atoms with Gasteiger partial charge in [-0.25, -0.2) is 9.97 Å². The average molecular weight is 267 g/mol. The van der Waals surface area contributed by atoms with Crippen LogP contribution in [0.2, 0.25) is 5.15 Å². The zero-order valence-corrected chi connectivity index (χ0v) is 10.2. The fourth-order valence-electron chi connectivity index (χ4n) is 1.36.